The third-order valence-electron chi connectivity index (χ3n) is 2.24. The Balaban J connectivity index is 2.98. The second-order valence-corrected chi connectivity index (χ2v) is 2.94. The van der Waals surface area contributed by atoms with Gasteiger partial charge in [-0.1, -0.05) is 12.1 Å². The summed E-state index contributed by atoms with van der Waals surface area (Å²) in [5, 5.41) is 0. The number of para-hydroxylation sites is 2. The van der Waals surface area contributed by atoms with Crippen LogP contribution in [0.15, 0.2) is 29.1 Å². The van der Waals surface area contributed by atoms with E-state index in [1.807, 2.05) is 31.2 Å². The molecule has 0 spiro atoms. The van der Waals surface area contributed by atoms with Crippen molar-refractivity contribution in [3.8, 4) is 0 Å². The van der Waals surface area contributed by atoms with E-state index in [2.05, 4.69) is 7.05 Å². The van der Waals surface area contributed by atoms with Crippen LogP contribution in [0.4, 0.5) is 0 Å². The molecule has 0 unspecified atom stereocenters. The average Bonchev–Trinajstić information content (AvgIpc) is 2.41. The quantitative estimate of drug-likeness (QED) is 0.644. The first-order chi connectivity index (χ1) is 6.25. The largest absolute Gasteiger partial charge is 0.329 e. The maximum atomic E-state index is 11.6. The molecular weight excluding hydrogens is 164 g/mol. The molecule has 1 aromatic heterocycles. The number of benzene rings is 1. The maximum Gasteiger partial charge on any atom is 0.329 e. The van der Waals surface area contributed by atoms with Gasteiger partial charge in [-0.2, -0.15) is 0 Å². The molecule has 0 saturated carbocycles. The number of hydrogen-bond acceptors (Lipinski definition) is 1. The van der Waals surface area contributed by atoms with Crippen LogP contribution < -0.4 is 5.69 Å². The lowest BCUT2D eigenvalue weighted by Crippen LogP contribution is -2.20. The molecule has 2 aromatic rings. The number of aryl methyl sites for hydroxylation is 1. The number of rotatable bonds is 1. The lowest BCUT2D eigenvalue weighted by Gasteiger charge is -1.95. The summed E-state index contributed by atoms with van der Waals surface area (Å²) in [6.07, 6.45) is 0. The molecule has 0 amide bonds. The highest BCUT2D eigenvalue weighted by Gasteiger charge is 2.06. The van der Waals surface area contributed by atoms with Crippen LogP contribution in [-0.2, 0) is 6.54 Å². The molecule has 0 saturated heterocycles. The van der Waals surface area contributed by atoms with Gasteiger partial charge in [-0.15, -0.1) is 0 Å². The molecule has 0 atom stereocenters. The molecule has 3 heteroatoms. The molecule has 1 radical (unpaired) electrons. The van der Waals surface area contributed by atoms with Crippen LogP contribution >= 0.6 is 0 Å². The van der Waals surface area contributed by atoms with Crippen LogP contribution in [0.3, 0.4) is 0 Å². The zero-order valence-corrected chi connectivity index (χ0v) is 7.53. The summed E-state index contributed by atoms with van der Waals surface area (Å²) in [5.74, 6) is 0. The fourth-order valence-corrected chi connectivity index (χ4v) is 1.58. The Labute approximate surface area is 76.2 Å². The van der Waals surface area contributed by atoms with Gasteiger partial charge in [-0.3, -0.25) is 9.13 Å². The molecule has 1 aromatic carbocycles. The van der Waals surface area contributed by atoms with Crippen molar-refractivity contribution < 1.29 is 0 Å². The Hall–Kier alpha value is -1.51. The molecule has 0 fully saturated rings. The van der Waals surface area contributed by atoms with Crippen LogP contribution in [0.1, 0.15) is 6.92 Å². The predicted octanol–water partition coefficient (Wildman–Crippen LogP) is 1.46. The topological polar surface area (TPSA) is 26.9 Å². The molecular formula is C10H11N2O. The summed E-state index contributed by atoms with van der Waals surface area (Å²) in [6, 6.07) is 7.66. The van der Waals surface area contributed by atoms with Crippen molar-refractivity contribution in [3.05, 3.63) is 41.8 Å². The van der Waals surface area contributed by atoms with E-state index in [0.717, 1.165) is 11.0 Å². The second-order valence-electron chi connectivity index (χ2n) is 2.94. The molecule has 13 heavy (non-hydrogen) atoms. The number of hydrogen-bond donors (Lipinski definition) is 0. The number of imidazole rings is 1. The van der Waals surface area contributed by atoms with Crippen molar-refractivity contribution in [2.24, 2.45) is 0 Å². The zero-order valence-electron chi connectivity index (χ0n) is 7.53. The smallest absolute Gasteiger partial charge is 0.292 e. The van der Waals surface area contributed by atoms with Crippen molar-refractivity contribution in [2.75, 3.05) is 0 Å². The van der Waals surface area contributed by atoms with Crippen molar-refractivity contribution >= 4 is 11.0 Å². The third kappa shape index (κ3) is 1.00. The monoisotopic (exact) mass is 175 g/mol. The zero-order chi connectivity index (χ0) is 9.42. The summed E-state index contributed by atoms with van der Waals surface area (Å²) in [6.45, 7) is 2.63. The van der Waals surface area contributed by atoms with E-state index in [-0.39, 0.29) is 5.69 Å². The molecule has 3 nitrogen and oxygen atoms in total. The van der Waals surface area contributed by atoms with E-state index in [1.54, 1.807) is 4.57 Å². The van der Waals surface area contributed by atoms with Crippen molar-refractivity contribution in [1.29, 1.82) is 0 Å². The maximum absolute atomic E-state index is 11.6. The van der Waals surface area contributed by atoms with Gasteiger partial charge >= 0.3 is 5.69 Å². The molecule has 0 N–H and O–H groups in total. The summed E-state index contributed by atoms with van der Waals surface area (Å²) in [4.78, 5) is 11.6. The molecule has 0 bridgehead atoms. The number of aromatic nitrogens is 2. The predicted molar refractivity (Wildman–Crippen MR) is 52.6 cm³/mol. The van der Waals surface area contributed by atoms with E-state index in [1.165, 1.54) is 4.57 Å². The minimum Gasteiger partial charge on any atom is -0.292 e. The van der Waals surface area contributed by atoms with Gasteiger partial charge in [0.15, 0.2) is 0 Å². The second kappa shape index (κ2) is 2.76. The lowest BCUT2D eigenvalue weighted by atomic mass is 10.3. The van der Waals surface area contributed by atoms with Gasteiger partial charge in [0.2, 0.25) is 0 Å². The highest BCUT2D eigenvalue weighted by atomic mass is 16.1. The van der Waals surface area contributed by atoms with Gasteiger partial charge in [0.05, 0.1) is 11.0 Å². The van der Waals surface area contributed by atoms with Gasteiger partial charge in [-0.25, -0.2) is 4.79 Å². The number of nitrogens with zero attached hydrogens (tertiary/aromatic N) is 2. The van der Waals surface area contributed by atoms with Crippen molar-refractivity contribution in [1.82, 2.24) is 9.13 Å². The first-order valence-corrected chi connectivity index (χ1v) is 4.27. The summed E-state index contributed by atoms with van der Waals surface area (Å²) >= 11 is 0. The molecule has 0 aliphatic heterocycles. The van der Waals surface area contributed by atoms with Gasteiger partial charge in [0.1, 0.15) is 0 Å². The highest BCUT2D eigenvalue weighted by molar-refractivity contribution is 5.76. The Morgan fingerprint density at radius 1 is 1.31 bits per heavy atom. The lowest BCUT2D eigenvalue weighted by molar-refractivity contribution is 0.733. The SMILES string of the molecule is [CH2]n1c(=O)n(CC)c2ccccc21. The van der Waals surface area contributed by atoms with Gasteiger partial charge in [0, 0.05) is 13.6 Å². The van der Waals surface area contributed by atoms with Crippen molar-refractivity contribution in [2.45, 2.75) is 13.5 Å². The fourth-order valence-electron chi connectivity index (χ4n) is 1.58. The normalized spacial score (nSPS) is 10.9. The van der Waals surface area contributed by atoms with Gasteiger partial charge in [-0.05, 0) is 19.1 Å². The van der Waals surface area contributed by atoms with Gasteiger partial charge < -0.3 is 0 Å². The highest BCUT2D eigenvalue weighted by Crippen LogP contribution is 2.10. The molecule has 1 heterocycles. The fraction of sp³-hybridized carbons (Fsp3) is 0.200. The number of fused-ring (bicyclic) bond motifs is 1. The minimum absolute atomic E-state index is 0.0521. The average molecular weight is 175 g/mol. The third-order valence-corrected chi connectivity index (χ3v) is 2.24. The van der Waals surface area contributed by atoms with E-state index in [0.29, 0.717) is 6.54 Å². The van der Waals surface area contributed by atoms with Crippen LogP contribution in [0, 0.1) is 7.05 Å². The van der Waals surface area contributed by atoms with Gasteiger partial charge in [0.25, 0.3) is 0 Å². The Bertz CT molecular complexity index is 493. The van der Waals surface area contributed by atoms with Crippen molar-refractivity contribution in [3.63, 3.8) is 0 Å². The Kier molecular flexibility index (Phi) is 1.72. The molecule has 67 valence electrons. The molecule has 0 aliphatic carbocycles. The molecule has 0 aliphatic rings. The van der Waals surface area contributed by atoms with Crippen LogP contribution in [0.2, 0.25) is 0 Å². The molecule has 2 rings (SSSR count). The van der Waals surface area contributed by atoms with Crippen LogP contribution in [0.5, 0.6) is 0 Å². The summed E-state index contributed by atoms with van der Waals surface area (Å²) in [5.41, 5.74) is 1.78. The van der Waals surface area contributed by atoms with E-state index in [9.17, 15) is 4.79 Å². The Morgan fingerprint density at radius 2 is 1.92 bits per heavy atom. The Morgan fingerprint density at radius 3 is 2.54 bits per heavy atom. The van der Waals surface area contributed by atoms with Crippen LogP contribution in [-0.4, -0.2) is 9.13 Å². The van der Waals surface area contributed by atoms with E-state index >= 15 is 0 Å². The van der Waals surface area contributed by atoms with E-state index in [4.69, 9.17) is 0 Å². The standard InChI is InChI=1S/C10H11N2O/c1-3-12-9-7-5-4-6-8(9)11(2)10(12)13/h4-7H,2-3H2,1H3. The first kappa shape index (κ1) is 8.10. The summed E-state index contributed by atoms with van der Waals surface area (Å²) < 4.78 is 3.14. The van der Waals surface area contributed by atoms with E-state index < -0.39 is 0 Å². The minimum atomic E-state index is -0.0521. The summed E-state index contributed by atoms with van der Waals surface area (Å²) in [7, 11) is 3.70. The first-order valence-electron chi connectivity index (χ1n) is 4.27. The van der Waals surface area contributed by atoms with Crippen LogP contribution in [0.25, 0.3) is 11.0 Å².